The molecule has 0 saturated carbocycles. The maximum absolute atomic E-state index is 12.2. The lowest BCUT2D eigenvalue weighted by Crippen LogP contribution is -2.39. The van der Waals surface area contributed by atoms with Gasteiger partial charge in [0, 0.05) is 12.3 Å². The second kappa shape index (κ2) is 9.93. The fraction of sp³-hybridized carbons (Fsp3) is 0.389. The Labute approximate surface area is 146 Å². The molecule has 0 bridgehead atoms. The normalized spacial score (nSPS) is 11.8. The summed E-state index contributed by atoms with van der Waals surface area (Å²) in [6.45, 7) is 2.53. The highest BCUT2D eigenvalue weighted by Crippen LogP contribution is 2.19. The minimum atomic E-state index is -0.492. The van der Waals surface area contributed by atoms with Gasteiger partial charge in [-0.25, -0.2) is 0 Å². The van der Waals surface area contributed by atoms with Crippen LogP contribution in [0.5, 0.6) is 11.5 Å². The van der Waals surface area contributed by atoms with Crippen LogP contribution in [0, 0.1) is 0 Å². The summed E-state index contributed by atoms with van der Waals surface area (Å²) in [7, 11) is 1.61. The Balaban J connectivity index is 1.70. The highest BCUT2D eigenvalue weighted by Gasteiger charge is 2.17. The van der Waals surface area contributed by atoms with Crippen LogP contribution in [0.15, 0.2) is 47.1 Å². The molecule has 0 unspecified atom stereocenters. The van der Waals surface area contributed by atoms with E-state index in [0.29, 0.717) is 18.7 Å². The third-order valence-electron chi connectivity index (χ3n) is 3.37. The molecular formula is C18H23NO4S. The van der Waals surface area contributed by atoms with Gasteiger partial charge in [0.1, 0.15) is 17.3 Å². The molecule has 0 aliphatic carbocycles. The quantitative estimate of drug-likeness (QED) is 0.665. The zero-order chi connectivity index (χ0) is 17.2. The summed E-state index contributed by atoms with van der Waals surface area (Å²) in [6.07, 6.45) is 1.78. The molecule has 1 amide bonds. The van der Waals surface area contributed by atoms with E-state index in [-0.39, 0.29) is 5.91 Å². The topological polar surface area (TPSA) is 60.7 Å². The number of rotatable bonds is 10. The summed E-state index contributed by atoms with van der Waals surface area (Å²) >= 11 is 1.72. The van der Waals surface area contributed by atoms with Gasteiger partial charge in [-0.15, -0.1) is 0 Å². The van der Waals surface area contributed by atoms with E-state index in [0.717, 1.165) is 23.0 Å². The number of hydrogen-bond acceptors (Lipinski definition) is 5. The number of nitrogens with one attached hydrogen (secondary N) is 1. The molecule has 24 heavy (non-hydrogen) atoms. The number of ether oxygens (including phenoxy) is 2. The van der Waals surface area contributed by atoms with E-state index < -0.39 is 6.10 Å². The van der Waals surface area contributed by atoms with Crippen LogP contribution < -0.4 is 14.8 Å². The van der Waals surface area contributed by atoms with Crippen molar-refractivity contribution in [2.24, 2.45) is 0 Å². The molecule has 1 heterocycles. The van der Waals surface area contributed by atoms with Gasteiger partial charge in [-0.2, -0.15) is 11.8 Å². The summed E-state index contributed by atoms with van der Waals surface area (Å²) in [6, 6.07) is 11.0. The number of thioether (sulfide) groups is 1. The second-order valence-corrected chi connectivity index (χ2v) is 6.22. The van der Waals surface area contributed by atoms with Gasteiger partial charge >= 0.3 is 0 Å². The van der Waals surface area contributed by atoms with Crippen LogP contribution in [0.25, 0.3) is 0 Å². The summed E-state index contributed by atoms with van der Waals surface area (Å²) in [4.78, 5) is 12.2. The van der Waals surface area contributed by atoms with E-state index in [2.05, 4.69) is 5.32 Å². The van der Waals surface area contributed by atoms with Gasteiger partial charge in [-0.05, 0) is 42.8 Å². The van der Waals surface area contributed by atoms with Crippen LogP contribution in [-0.2, 0) is 10.5 Å². The maximum atomic E-state index is 12.2. The van der Waals surface area contributed by atoms with E-state index in [4.69, 9.17) is 13.9 Å². The molecule has 2 aromatic rings. The molecule has 130 valence electrons. The first-order chi connectivity index (χ1) is 11.7. The van der Waals surface area contributed by atoms with Crippen molar-refractivity contribution in [3.8, 4) is 11.5 Å². The molecule has 5 nitrogen and oxygen atoms in total. The Morgan fingerprint density at radius 3 is 2.62 bits per heavy atom. The molecular weight excluding hydrogens is 326 g/mol. The average Bonchev–Trinajstić information content (AvgIpc) is 3.13. The Hall–Kier alpha value is -2.08. The molecule has 1 aromatic heterocycles. The van der Waals surface area contributed by atoms with E-state index in [9.17, 15) is 4.79 Å². The predicted octanol–water partition coefficient (Wildman–Crippen LogP) is 3.50. The van der Waals surface area contributed by atoms with Crippen LogP contribution in [0.4, 0.5) is 0 Å². The standard InChI is InChI=1S/C18H23NO4S/c1-3-17(23-15-8-6-14(21-2)7-9-15)18(20)19-10-12-24-13-16-5-4-11-22-16/h4-9,11,17H,3,10,12-13H2,1-2H3,(H,19,20)/t17-/m0/s1. The predicted molar refractivity (Wildman–Crippen MR) is 95.6 cm³/mol. The molecule has 1 N–H and O–H groups in total. The first-order valence-electron chi connectivity index (χ1n) is 7.91. The lowest BCUT2D eigenvalue weighted by molar-refractivity contribution is -0.127. The molecule has 0 spiro atoms. The Kier molecular flexibility index (Phi) is 7.55. The average molecular weight is 349 g/mol. The molecule has 0 aliphatic rings. The lowest BCUT2D eigenvalue weighted by atomic mass is 10.2. The van der Waals surface area contributed by atoms with Crippen molar-refractivity contribution in [1.82, 2.24) is 5.32 Å². The maximum Gasteiger partial charge on any atom is 0.261 e. The Bertz CT molecular complexity index is 598. The molecule has 0 radical (unpaired) electrons. The van der Waals surface area contributed by atoms with Crippen LogP contribution in [0.3, 0.4) is 0 Å². The third-order valence-corrected chi connectivity index (χ3v) is 4.35. The third kappa shape index (κ3) is 5.85. The van der Waals surface area contributed by atoms with Crippen molar-refractivity contribution in [1.29, 1.82) is 0 Å². The van der Waals surface area contributed by atoms with E-state index in [1.165, 1.54) is 0 Å². The molecule has 2 rings (SSSR count). The number of furan rings is 1. The fourth-order valence-corrected chi connectivity index (χ4v) is 2.82. The number of hydrogen-bond donors (Lipinski definition) is 1. The monoisotopic (exact) mass is 349 g/mol. The first-order valence-corrected chi connectivity index (χ1v) is 9.07. The smallest absolute Gasteiger partial charge is 0.261 e. The van der Waals surface area contributed by atoms with Gasteiger partial charge < -0.3 is 19.2 Å². The highest BCUT2D eigenvalue weighted by molar-refractivity contribution is 7.98. The molecule has 6 heteroatoms. The van der Waals surface area contributed by atoms with E-state index >= 15 is 0 Å². The second-order valence-electron chi connectivity index (χ2n) is 5.11. The Morgan fingerprint density at radius 1 is 1.25 bits per heavy atom. The van der Waals surface area contributed by atoms with Crippen LogP contribution in [-0.4, -0.2) is 31.4 Å². The Morgan fingerprint density at radius 2 is 2.00 bits per heavy atom. The SMILES string of the molecule is CC[C@H](Oc1ccc(OC)cc1)C(=O)NCCSCc1ccco1. The van der Waals surface area contributed by atoms with Crippen LogP contribution in [0.2, 0.25) is 0 Å². The van der Waals surface area contributed by atoms with E-state index in [1.807, 2.05) is 31.2 Å². The number of carbonyl (C=O) groups is 1. The summed E-state index contributed by atoms with van der Waals surface area (Å²) in [5.41, 5.74) is 0. The zero-order valence-electron chi connectivity index (χ0n) is 14.0. The van der Waals surface area contributed by atoms with E-state index in [1.54, 1.807) is 37.3 Å². The molecule has 0 saturated heterocycles. The number of benzene rings is 1. The molecule has 1 aromatic carbocycles. The summed E-state index contributed by atoms with van der Waals surface area (Å²) < 4.78 is 16.1. The highest BCUT2D eigenvalue weighted by atomic mass is 32.2. The van der Waals surface area contributed by atoms with Gasteiger partial charge in [0.25, 0.3) is 5.91 Å². The van der Waals surface area contributed by atoms with Crippen molar-refractivity contribution < 1.29 is 18.7 Å². The van der Waals surface area contributed by atoms with Crippen molar-refractivity contribution in [2.75, 3.05) is 19.4 Å². The van der Waals surface area contributed by atoms with Crippen LogP contribution in [0.1, 0.15) is 19.1 Å². The van der Waals surface area contributed by atoms with Gasteiger partial charge in [-0.1, -0.05) is 6.92 Å². The number of carbonyl (C=O) groups excluding carboxylic acids is 1. The molecule has 0 aliphatic heterocycles. The summed E-state index contributed by atoms with van der Waals surface area (Å²) in [5.74, 6) is 3.90. The largest absolute Gasteiger partial charge is 0.497 e. The van der Waals surface area contributed by atoms with Gasteiger partial charge in [0.05, 0.1) is 19.1 Å². The van der Waals surface area contributed by atoms with Gasteiger partial charge in [0.15, 0.2) is 6.10 Å². The zero-order valence-corrected chi connectivity index (χ0v) is 14.8. The molecule has 1 atom stereocenters. The molecule has 0 fully saturated rings. The lowest BCUT2D eigenvalue weighted by Gasteiger charge is -2.17. The van der Waals surface area contributed by atoms with Crippen molar-refractivity contribution in [2.45, 2.75) is 25.2 Å². The fourth-order valence-electron chi connectivity index (χ4n) is 2.07. The number of methoxy groups -OCH3 is 1. The minimum absolute atomic E-state index is 0.0908. The van der Waals surface area contributed by atoms with Gasteiger partial charge in [0.2, 0.25) is 0 Å². The van der Waals surface area contributed by atoms with Crippen molar-refractivity contribution in [3.05, 3.63) is 48.4 Å². The summed E-state index contributed by atoms with van der Waals surface area (Å²) in [5, 5.41) is 2.92. The van der Waals surface area contributed by atoms with Gasteiger partial charge in [-0.3, -0.25) is 4.79 Å². The number of amides is 1. The van der Waals surface area contributed by atoms with Crippen molar-refractivity contribution >= 4 is 17.7 Å². The first kappa shape index (κ1) is 18.3. The van der Waals surface area contributed by atoms with Crippen LogP contribution >= 0.6 is 11.8 Å². The van der Waals surface area contributed by atoms with Crippen molar-refractivity contribution in [3.63, 3.8) is 0 Å². The minimum Gasteiger partial charge on any atom is -0.497 e.